The molecule has 1 heterocycles. The number of benzene rings is 2. The normalized spacial score (nSPS) is 15.1. The van der Waals surface area contributed by atoms with Crippen molar-refractivity contribution in [1.82, 2.24) is 14.5 Å². The molecular weight excluding hydrogens is 418 g/mol. The molecule has 31 heavy (non-hydrogen) atoms. The molecule has 1 amide bonds. The minimum atomic E-state index is -3.59. The van der Waals surface area contributed by atoms with Crippen molar-refractivity contribution >= 4 is 15.9 Å². The van der Waals surface area contributed by atoms with Gasteiger partial charge in [0, 0.05) is 46.4 Å². The van der Waals surface area contributed by atoms with E-state index < -0.39 is 10.0 Å². The third kappa shape index (κ3) is 7.03. The van der Waals surface area contributed by atoms with E-state index in [1.807, 2.05) is 18.2 Å². The van der Waals surface area contributed by atoms with E-state index in [0.29, 0.717) is 25.4 Å². The lowest BCUT2D eigenvalue weighted by molar-refractivity contribution is -0.135. The Hall–Kier alpha value is -2.46. The molecule has 0 saturated carbocycles. The van der Waals surface area contributed by atoms with Crippen LogP contribution in [-0.4, -0.2) is 77.2 Å². The highest BCUT2D eigenvalue weighted by atomic mass is 32.2. The van der Waals surface area contributed by atoms with E-state index in [9.17, 15) is 13.2 Å². The van der Waals surface area contributed by atoms with E-state index in [4.69, 9.17) is 9.47 Å². The molecule has 9 heteroatoms. The fourth-order valence-corrected chi connectivity index (χ4v) is 4.32. The van der Waals surface area contributed by atoms with E-state index in [2.05, 4.69) is 21.8 Å². The Labute approximate surface area is 183 Å². The number of nitrogens with zero attached hydrogens (tertiary/aromatic N) is 2. The zero-order valence-electron chi connectivity index (χ0n) is 17.7. The first-order chi connectivity index (χ1) is 15.0. The van der Waals surface area contributed by atoms with Gasteiger partial charge in [-0.1, -0.05) is 30.3 Å². The number of methoxy groups -OCH3 is 1. The maximum Gasteiger partial charge on any atom is 0.260 e. The number of sulfonamides is 1. The summed E-state index contributed by atoms with van der Waals surface area (Å²) in [5.41, 5.74) is 1.27. The van der Waals surface area contributed by atoms with Gasteiger partial charge in [0.15, 0.2) is 6.61 Å². The van der Waals surface area contributed by atoms with Crippen molar-refractivity contribution in [2.24, 2.45) is 0 Å². The molecule has 0 radical (unpaired) electrons. The summed E-state index contributed by atoms with van der Waals surface area (Å²) >= 11 is 0. The van der Waals surface area contributed by atoms with Crippen LogP contribution in [0, 0.1) is 0 Å². The van der Waals surface area contributed by atoms with Gasteiger partial charge >= 0.3 is 0 Å². The second kappa shape index (κ2) is 11.2. The highest BCUT2D eigenvalue weighted by Gasteiger charge is 2.21. The summed E-state index contributed by atoms with van der Waals surface area (Å²) in [5, 5.41) is 0. The summed E-state index contributed by atoms with van der Waals surface area (Å²) in [6.45, 7) is 4.28. The summed E-state index contributed by atoms with van der Waals surface area (Å²) in [6, 6.07) is 16.3. The van der Waals surface area contributed by atoms with E-state index >= 15 is 0 Å². The lowest BCUT2D eigenvalue weighted by Crippen LogP contribution is -2.49. The van der Waals surface area contributed by atoms with E-state index in [1.165, 1.54) is 24.8 Å². The van der Waals surface area contributed by atoms with Crippen LogP contribution in [0.4, 0.5) is 0 Å². The summed E-state index contributed by atoms with van der Waals surface area (Å²) in [5.74, 6) is 0.379. The number of ether oxygens (including phenoxy) is 2. The Morgan fingerprint density at radius 1 is 1.00 bits per heavy atom. The summed E-state index contributed by atoms with van der Waals surface area (Å²) in [4.78, 5) is 16.7. The van der Waals surface area contributed by atoms with Crippen molar-refractivity contribution in [3.8, 4) is 5.75 Å². The van der Waals surface area contributed by atoms with Gasteiger partial charge in [-0.05, 0) is 29.8 Å². The minimum Gasteiger partial charge on any atom is -0.484 e. The maximum absolute atomic E-state index is 12.5. The molecule has 1 aliphatic heterocycles. The number of hydrogen-bond donors (Lipinski definition) is 1. The summed E-state index contributed by atoms with van der Waals surface area (Å²) in [7, 11) is -2.08. The van der Waals surface area contributed by atoms with Crippen LogP contribution in [0.1, 0.15) is 5.56 Å². The fourth-order valence-electron chi connectivity index (χ4n) is 3.31. The van der Waals surface area contributed by atoms with E-state index in [1.54, 1.807) is 17.0 Å². The Balaban J connectivity index is 1.42. The topological polar surface area (TPSA) is 88.2 Å². The van der Waals surface area contributed by atoms with Crippen LogP contribution < -0.4 is 9.46 Å². The molecule has 8 nitrogen and oxygen atoms in total. The quantitative estimate of drug-likeness (QED) is 0.553. The van der Waals surface area contributed by atoms with Gasteiger partial charge in [0.05, 0.1) is 11.5 Å². The molecule has 0 aliphatic carbocycles. The number of piperazine rings is 1. The molecule has 0 aromatic heterocycles. The molecule has 2 aromatic rings. The lowest BCUT2D eigenvalue weighted by Gasteiger charge is -2.34. The molecule has 1 N–H and O–H groups in total. The van der Waals surface area contributed by atoms with Gasteiger partial charge < -0.3 is 14.4 Å². The number of hydrogen-bond acceptors (Lipinski definition) is 6. The van der Waals surface area contributed by atoms with Crippen molar-refractivity contribution in [2.45, 2.75) is 11.4 Å². The molecule has 168 valence electrons. The van der Waals surface area contributed by atoms with Gasteiger partial charge in [0.2, 0.25) is 10.0 Å². The molecule has 0 unspecified atom stereocenters. The predicted molar refractivity (Wildman–Crippen MR) is 117 cm³/mol. The Morgan fingerprint density at radius 2 is 1.68 bits per heavy atom. The van der Waals surface area contributed by atoms with Crippen LogP contribution in [0.25, 0.3) is 0 Å². The van der Waals surface area contributed by atoms with Crippen molar-refractivity contribution in [3.05, 3.63) is 60.2 Å². The fraction of sp³-hybridized carbons (Fsp3) is 0.409. The van der Waals surface area contributed by atoms with Crippen LogP contribution in [0.15, 0.2) is 59.5 Å². The predicted octanol–water partition coefficient (Wildman–Crippen LogP) is 1.33. The number of carbonyl (C=O) groups is 1. The summed E-state index contributed by atoms with van der Waals surface area (Å²) in [6.07, 6.45) is 0. The maximum atomic E-state index is 12.5. The van der Waals surface area contributed by atoms with Crippen LogP contribution >= 0.6 is 0 Å². The number of carbonyl (C=O) groups excluding carboxylic acids is 1. The SMILES string of the molecule is COCCNS(=O)(=O)c1ccc(OCC(=O)N2CCN(Cc3ccccc3)CC2)cc1. The van der Waals surface area contributed by atoms with E-state index in [0.717, 1.165) is 19.6 Å². The highest BCUT2D eigenvalue weighted by Crippen LogP contribution is 2.16. The molecule has 2 aromatic carbocycles. The van der Waals surface area contributed by atoms with Gasteiger partial charge in [-0.25, -0.2) is 13.1 Å². The monoisotopic (exact) mass is 447 g/mol. The zero-order chi connectivity index (χ0) is 22.1. The average Bonchev–Trinajstić information content (AvgIpc) is 2.79. The van der Waals surface area contributed by atoms with Crippen molar-refractivity contribution < 1.29 is 22.7 Å². The van der Waals surface area contributed by atoms with Crippen LogP contribution in [-0.2, 0) is 26.1 Å². The minimum absolute atomic E-state index is 0.0720. The van der Waals surface area contributed by atoms with Crippen LogP contribution in [0.3, 0.4) is 0 Å². The molecule has 0 bridgehead atoms. The third-order valence-corrected chi connectivity index (χ3v) is 6.55. The zero-order valence-corrected chi connectivity index (χ0v) is 18.5. The van der Waals surface area contributed by atoms with Crippen molar-refractivity contribution in [1.29, 1.82) is 0 Å². The number of rotatable bonds is 10. The van der Waals surface area contributed by atoms with Crippen LogP contribution in [0.5, 0.6) is 5.75 Å². The largest absolute Gasteiger partial charge is 0.484 e. The Morgan fingerprint density at radius 3 is 2.32 bits per heavy atom. The highest BCUT2D eigenvalue weighted by molar-refractivity contribution is 7.89. The Bertz CT molecular complexity index is 927. The smallest absolute Gasteiger partial charge is 0.260 e. The Kier molecular flexibility index (Phi) is 8.42. The lowest BCUT2D eigenvalue weighted by atomic mass is 10.2. The van der Waals surface area contributed by atoms with Crippen molar-refractivity contribution in [3.63, 3.8) is 0 Å². The third-order valence-electron chi connectivity index (χ3n) is 5.07. The molecule has 1 fully saturated rings. The average molecular weight is 448 g/mol. The van der Waals surface area contributed by atoms with Gasteiger partial charge in [0.25, 0.3) is 5.91 Å². The van der Waals surface area contributed by atoms with Gasteiger partial charge in [-0.3, -0.25) is 9.69 Å². The first-order valence-electron chi connectivity index (χ1n) is 10.2. The molecular formula is C22H29N3O5S. The summed E-state index contributed by atoms with van der Waals surface area (Å²) < 4.78 is 37.2. The standard InChI is InChI=1S/C22H29N3O5S/c1-29-16-11-23-31(27,28)21-9-7-20(8-10-21)30-18-22(26)25-14-12-24(13-15-25)17-19-5-3-2-4-6-19/h2-10,23H,11-18H2,1H3. The van der Waals surface area contributed by atoms with Gasteiger partial charge in [-0.15, -0.1) is 0 Å². The molecule has 0 spiro atoms. The van der Waals surface area contributed by atoms with Gasteiger partial charge in [0.1, 0.15) is 5.75 Å². The van der Waals surface area contributed by atoms with E-state index in [-0.39, 0.29) is 24.0 Å². The second-order valence-corrected chi connectivity index (χ2v) is 9.06. The first-order valence-corrected chi connectivity index (χ1v) is 11.7. The van der Waals surface area contributed by atoms with Crippen LogP contribution in [0.2, 0.25) is 0 Å². The molecule has 0 atom stereocenters. The van der Waals surface area contributed by atoms with Gasteiger partial charge in [-0.2, -0.15) is 0 Å². The first kappa shape index (κ1) is 23.2. The number of nitrogens with one attached hydrogen (secondary N) is 1. The molecule has 3 rings (SSSR count). The van der Waals surface area contributed by atoms with Crippen molar-refractivity contribution in [2.75, 3.05) is 53.0 Å². The molecule has 1 saturated heterocycles. The molecule has 1 aliphatic rings. The number of amides is 1. The second-order valence-electron chi connectivity index (χ2n) is 7.29.